The lowest BCUT2D eigenvalue weighted by Gasteiger charge is -2.07. The Kier molecular flexibility index (Phi) is 11.4. The van der Waals surface area contributed by atoms with Gasteiger partial charge in [-0.05, 0) is 11.1 Å². The lowest BCUT2D eigenvalue weighted by atomic mass is 10.3. The van der Waals surface area contributed by atoms with Crippen molar-refractivity contribution in [3.05, 3.63) is 50.6 Å². The first-order chi connectivity index (χ1) is 8.28. The van der Waals surface area contributed by atoms with Crippen molar-refractivity contribution in [2.75, 3.05) is 0 Å². The molecule has 2 heteroatoms. The van der Waals surface area contributed by atoms with Gasteiger partial charge in [0.05, 0.1) is 0 Å². The minimum Gasteiger partial charge on any atom is -0.103 e. The van der Waals surface area contributed by atoms with E-state index in [0.29, 0.717) is 11.1 Å². The third kappa shape index (κ3) is 9.13. The van der Waals surface area contributed by atoms with Gasteiger partial charge in [0.1, 0.15) is 0 Å². The Balaban J connectivity index is 3.34. The maximum Gasteiger partial charge on any atom is 0.0326 e. The summed E-state index contributed by atoms with van der Waals surface area (Å²) < 4.78 is 0. The van der Waals surface area contributed by atoms with Gasteiger partial charge in [-0.15, -0.1) is 26.3 Å². The molecule has 0 saturated carbocycles. The van der Waals surface area contributed by atoms with E-state index in [2.05, 4.69) is 50.6 Å². The highest BCUT2D eigenvalue weighted by molar-refractivity contribution is 6.39. The van der Waals surface area contributed by atoms with Crippen molar-refractivity contribution in [1.29, 1.82) is 0 Å². The molecule has 0 heterocycles. The van der Waals surface area contributed by atoms with Crippen LogP contribution in [0.25, 0.3) is 0 Å². The lowest BCUT2D eigenvalue weighted by molar-refractivity contribution is 0.763. The molecule has 0 N–H and O–H groups in total. The summed E-state index contributed by atoms with van der Waals surface area (Å²) in [7, 11) is 0.0189. The largest absolute Gasteiger partial charge is 0.103 e. The summed E-state index contributed by atoms with van der Waals surface area (Å²) >= 11 is 0. The molecule has 0 aromatic rings. The molecule has 0 aliphatic rings. The number of rotatable bonds is 12. The normalized spacial score (nSPS) is 11.9. The van der Waals surface area contributed by atoms with Gasteiger partial charge >= 0.3 is 0 Å². The summed E-state index contributed by atoms with van der Waals surface area (Å²) in [4.78, 5) is 0. The van der Waals surface area contributed by atoms with Crippen LogP contribution in [0.2, 0.25) is 23.2 Å². The fourth-order valence-corrected chi connectivity index (χ4v) is 5.12. The summed E-state index contributed by atoms with van der Waals surface area (Å²) in [5.41, 5.74) is 1.30. The molecular weight excluding hydrogens is 236 g/mol. The fourth-order valence-electron chi connectivity index (χ4n) is 1.95. The van der Waals surface area contributed by atoms with Crippen molar-refractivity contribution in [2.45, 2.75) is 42.4 Å². The van der Waals surface area contributed by atoms with Crippen LogP contribution < -0.4 is 0 Å². The van der Waals surface area contributed by atoms with Crippen LogP contribution in [0.3, 0.4) is 0 Å². The second kappa shape index (κ2) is 11.9. The van der Waals surface area contributed by atoms with Crippen molar-refractivity contribution in [3.8, 4) is 0 Å². The first-order valence-electron chi connectivity index (χ1n) is 6.78. The Bertz CT molecular complexity index is 193. The smallest absolute Gasteiger partial charge is 0.0326 e. The Labute approximate surface area is 112 Å². The molecule has 17 heavy (non-hydrogen) atoms. The predicted octanol–water partition coefficient (Wildman–Crippen LogP) is 3.65. The summed E-state index contributed by atoms with van der Waals surface area (Å²) in [5.74, 6) is 0. The van der Waals surface area contributed by atoms with E-state index in [4.69, 9.17) is 0 Å². The number of hydrogen-bond donors (Lipinski definition) is 0. The third-order valence-corrected chi connectivity index (χ3v) is 7.77. The zero-order valence-electron chi connectivity index (χ0n) is 11.2. The highest BCUT2D eigenvalue weighted by Crippen LogP contribution is 2.13. The van der Waals surface area contributed by atoms with Gasteiger partial charge in [0, 0.05) is 19.0 Å². The van der Waals surface area contributed by atoms with Crippen molar-refractivity contribution in [2.24, 2.45) is 0 Å². The molecule has 0 unspecified atom stereocenters. The van der Waals surface area contributed by atoms with Crippen LogP contribution in [0.5, 0.6) is 0 Å². The van der Waals surface area contributed by atoms with Crippen LogP contribution in [0.4, 0.5) is 0 Å². The zero-order chi connectivity index (χ0) is 12.9. The first-order valence-corrected chi connectivity index (χ1v) is 10.4. The van der Waals surface area contributed by atoms with Gasteiger partial charge in [-0.2, -0.15) is 0 Å². The van der Waals surface area contributed by atoms with E-state index < -0.39 is 0 Å². The van der Waals surface area contributed by atoms with Gasteiger partial charge in [-0.3, -0.25) is 0 Å². The summed E-state index contributed by atoms with van der Waals surface area (Å²) in [6.45, 7) is 15.4. The Morgan fingerprint density at radius 3 is 1.29 bits per heavy atom. The maximum absolute atomic E-state index is 3.85. The second-order valence-electron chi connectivity index (χ2n) is 4.62. The van der Waals surface area contributed by atoms with E-state index in [1.165, 1.54) is 31.4 Å². The molecule has 0 nitrogen and oxygen atoms in total. The van der Waals surface area contributed by atoms with Gasteiger partial charge in [0.25, 0.3) is 0 Å². The minimum atomic E-state index is 0.00947. The average Bonchev–Trinajstić information content (AvgIpc) is 2.37. The molecule has 0 rings (SSSR count). The molecule has 0 aliphatic heterocycles. The quantitative estimate of drug-likeness (QED) is 0.287. The van der Waals surface area contributed by atoms with E-state index in [-0.39, 0.29) is 19.0 Å². The monoisotopic (exact) mass is 264 g/mol. The standard InChI is InChI=1S/C15H28Si2/c1-5-14(6-2)16-12-10-9-11-13-17-15(7-3)8-4/h5-8,14-15H,1-4,9-13,16-17H2. The summed E-state index contributed by atoms with van der Waals surface area (Å²) in [6.07, 6.45) is 12.5. The number of hydrogen-bond acceptors (Lipinski definition) is 0. The van der Waals surface area contributed by atoms with E-state index in [9.17, 15) is 0 Å². The molecule has 0 aromatic heterocycles. The second-order valence-corrected chi connectivity index (χ2v) is 9.07. The van der Waals surface area contributed by atoms with Crippen LogP contribution in [0.15, 0.2) is 50.6 Å². The Morgan fingerprint density at radius 1 is 0.647 bits per heavy atom. The molecule has 0 bridgehead atoms. The van der Waals surface area contributed by atoms with Gasteiger partial charge in [0.2, 0.25) is 0 Å². The molecule has 0 spiro atoms. The van der Waals surface area contributed by atoms with Crippen LogP contribution >= 0.6 is 0 Å². The number of unbranched alkanes of at least 4 members (excludes halogenated alkanes) is 2. The zero-order valence-corrected chi connectivity index (χ0v) is 14.1. The van der Waals surface area contributed by atoms with Crippen molar-refractivity contribution < 1.29 is 0 Å². The topological polar surface area (TPSA) is 0 Å². The average molecular weight is 265 g/mol. The van der Waals surface area contributed by atoms with Crippen LogP contribution in [-0.2, 0) is 0 Å². The van der Waals surface area contributed by atoms with Crippen molar-refractivity contribution in [1.82, 2.24) is 0 Å². The summed E-state index contributed by atoms with van der Waals surface area (Å²) in [5, 5.41) is 0. The minimum absolute atomic E-state index is 0.00947. The van der Waals surface area contributed by atoms with Gasteiger partial charge in [-0.1, -0.05) is 55.7 Å². The summed E-state index contributed by atoms with van der Waals surface area (Å²) in [6, 6.07) is 2.88. The lowest BCUT2D eigenvalue weighted by Crippen LogP contribution is -1.98. The van der Waals surface area contributed by atoms with Gasteiger partial charge in [-0.25, -0.2) is 0 Å². The Hall–Kier alpha value is -0.606. The van der Waals surface area contributed by atoms with Crippen LogP contribution in [0, 0.1) is 0 Å². The van der Waals surface area contributed by atoms with E-state index in [0.717, 1.165) is 0 Å². The SMILES string of the molecule is C=CC(C=C)[SiH2]CCCCC[SiH2]C(C=C)C=C. The molecule has 0 saturated heterocycles. The molecule has 0 atom stereocenters. The van der Waals surface area contributed by atoms with Gasteiger partial charge < -0.3 is 0 Å². The molecule has 0 aliphatic carbocycles. The predicted molar refractivity (Wildman–Crippen MR) is 88.8 cm³/mol. The van der Waals surface area contributed by atoms with Crippen molar-refractivity contribution in [3.63, 3.8) is 0 Å². The van der Waals surface area contributed by atoms with Crippen LogP contribution in [0.1, 0.15) is 19.3 Å². The molecule has 96 valence electrons. The molecule has 0 amide bonds. The van der Waals surface area contributed by atoms with Crippen molar-refractivity contribution >= 4 is 19.0 Å². The molecule has 0 aromatic carbocycles. The third-order valence-electron chi connectivity index (χ3n) is 3.29. The van der Waals surface area contributed by atoms with E-state index >= 15 is 0 Å². The fraction of sp³-hybridized carbons (Fsp3) is 0.467. The highest BCUT2D eigenvalue weighted by atomic mass is 28.2. The van der Waals surface area contributed by atoms with Gasteiger partial charge in [0.15, 0.2) is 0 Å². The molecular formula is C15H28Si2. The highest BCUT2D eigenvalue weighted by Gasteiger charge is 2.01. The Morgan fingerprint density at radius 2 is 1.00 bits per heavy atom. The molecule has 0 radical (unpaired) electrons. The first kappa shape index (κ1) is 16.4. The number of allylic oxidation sites excluding steroid dienone is 4. The molecule has 0 fully saturated rings. The maximum atomic E-state index is 3.85. The van der Waals surface area contributed by atoms with Crippen LogP contribution in [-0.4, -0.2) is 19.0 Å². The van der Waals surface area contributed by atoms with E-state index in [1.54, 1.807) is 0 Å². The van der Waals surface area contributed by atoms with E-state index in [1.807, 2.05) is 0 Å².